The first kappa shape index (κ1) is 19.3. The quantitative estimate of drug-likeness (QED) is 0.456. The fourth-order valence-corrected chi connectivity index (χ4v) is 2.60. The van der Waals surface area contributed by atoms with E-state index in [4.69, 9.17) is 25.8 Å². The van der Waals surface area contributed by atoms with Crippen molar-refractivity contribution in [1.82, 2.24) is 5.32 Å². The number of nitriles is 1. The highest BCUT2D eigenvalue weighted by molar-refractivity contribution is 6.31. The van der Waals surface area contributed by atoms with Gasteiger partial charge in [0.05, 0.1) is 0 Å². The van der Waals surface area contributed by atoms with Crippen LogP contribution < -0.4 is 14.8 Å². The zero-order valence-corrected chi connectivity index (χ0v) is 15.4. The van der Waals surface area contributed by atoms with Crippen LogP contribution in [0, 0.1) is 11.3 Å². The van der Waals surface area contributed by atoms with Gasteiger partial charge in [-0.3, -0.25) is 4.79 Å². The molecule has 0 aromatic heterocycles. The summed E-state index contributed by atoms with van der Waals surface area (Å²) in [5.74, 6) is -0.284. The molecule has 3 rings (SSSR count). The van der Waals surface area contributed by atoms with Gasteiger partial charge in [-0.25, -0.2) is 4.79 Å². The number of nitrogens with one attached hydrogen (secondary N) is 1. The number of esters is 1. The van der Waals surface area contributed by atoms with Crippen molar-refractivity contribution < 1.29 is 23.8 Å². The Balaban J connectivity index is 1.54. The number of fused-ring (bicyclic) bond motifs is 1. The van der Waals surface area contributed by atoms with Crippen molar-refractivity contribution in [2.75, 3.05) is 13.4 Å². The molecule has 0 fully saturated rings. The molecule has 8 heteroatoms. The minimum atomic E-state index is -0.895. The topological polar surface area (TPSA) is 97.7 Å². The van der Waals surface area contributed by atoms with E-state index in [-0.39, 0.29) is 18.9 Å². The first-order valence-corrected chi connectivity index (χ1v) is 8.63. The molecule has 142 valence electrons. The lowest BCUT2D eigenvalue weighted by Gasteiger charge is -2.07. The van der Waals surface area contributed by atoms with Crippen molar-refractivity contribution in [2.24, 2.45) is 0 Å². The average Bonchev–Trinajstić information content (AvgIpc) is 3.17. The summed E-state index contributed by atoms with van der Waals surface area (Å²) in [6.07, 6.45) is 1.35. The summed E-state index contributed by atoms with van der Waals surface area (Å²) in [4.78, 5) is 23.9. The predicted molar refractivity (Wildman–Crippen MR) is 100 cm³/mol. The van der Waals surface area contributed by atoms with Gasteiger partial charge in [-0.15, -0.1) is 0 Å². The molecular formula is C20H15ClN2O5. The Morgan fingerprint density at radius 2 is 2.00 bits per heavy atom. The fourth-order valence-electron chi connectivity index (χ4n) is 2.40. The summed E-state index contributed by atoms with van der Waals surface area (Å²) >= 11 is 6.01. The minimum Gasteiger partial charge on any atom is -0.454 e. The minimum absolute atomic E-state index is 0.124. The van der Waals surface area contributed by atoms with Crippen molar-refractivity contribution >= 4 is 29.6 Å². The molecule has 1 aliphatic rings. The van der Waals surface area contributed by atoms with Gasteiger partial charge < -0.3 is 19.5 Å². The van der Waals surface area contributed by atoms with Gasteiger partial charge in [-0.05, 0) is 35.4 Å². The number of nitrogens with zero attached hydrogens (tertiary/aromatic N) is 1. The summed E-state index contributed by atoms with van der Waals surface area (Å²) in [6, 6.07) is 13.8. The first-order valence-electron chi connectivity index (χ1n) is 8.25. The lowest BCUT2D eigenvalue weighted by Crippen LogP contribution is -2.28. The van der Waals surface area contributed by atoms with Gasteiger partial charge in [-0.2, -0.15) is 5.26 Å². The third-order valence-corrected chi connectivity index (χ3v) is 4.18. The number of hydrogen-bond acceptors (Lipinski definition) is 6. The molecule has 0 aliphatic carbocycles. The summed E-state index contributed by atoms with van der Waals surface area (Å²) in [6.45, 7) is -0.184. The average molecular weight is 399 g/mol. The smallest absolute Gasteiger partial charge is 0.349 e. The molecule has 0 bridgehead atoms. The molecule has 1 amide bonds. The molecule has 0 spiro atoms. The highest BCUT2D eigenvalue weighted by Gasteiger charge is 2.16. The highest BCUT2D eigenvalue weighted by atomic mass is 35.5. The molecule has 0 radical (unpaired) electrons. The Morgan fingerprint density at radius 3 is 2.79 bits per heavy atom. The molecule has 28 heavy (non-hydrogen) atoms. The van der Waals surface area contributed by atoms with E-state index < -0.39 is 18.5 Å². The molecule has 1 aliphatic heterocycles. The number of carbonyl (C=O) groups excluding carboxylic acids is 2. The predicted octanol–water partition coefficient (Wildman–Crippen LogP) is 2.84. The summed E-state index contributed by atoms with van der Waals surface area (Å²) in [7, 11) is 0. The zero-order valence-electron chi connectivity index (χ0n) is 14.6. The van der Waals surface area contributed by atoms with E-state index in [2.05, 4.69) is 5.32 Å². The molecule has 0 atom stereocenters. The Morgan fingerprint density at radius 1 is 1.21 bits per heavy atom. The largest absolute Gasteiger partial charge is 0.454 e. The SMILES string of the molecule is N#C/C(=C\c1ccc2c(c1)OCO2)C(=O)OCC(=O)NCc1ccccc1Cl. The van der Waals surface area contributed by atoms with E-state index >= 15 is 0 Å². The van der Waals surface area contributed by atoms with Crippen LogP contribution >= 0.6 is 11.6 Å². The zero-order chi connectivity index (χ0) is 19.9. The third kappa shape index (κ3) is 4.81. The van der Waals surface area contributed by atoms with E-state index in [0.29, 0.717) is 22.1 Å². The number of ether oxygens (including phenoxy) is 3. The number of halogens is 1. The lowest BCUT2D eigenvalue weighted by atomic mass is 10.1. The van der Waals surface area contributed by atoms with Gasteiger partial charge >= 0.3 is 5.97 Å². The van der Waals surface area contributed by atoms with Crippen LogP contribution in [0.4, 0.5) is 0 Å². The molecule has 2 aromatic rings. The van der Waals surface area contributed by atoms with Crippen LogP contribution in [-0.2, 0) is 20.9 Å². The number of carbonyl (C=O) groups is 2. The second-order valence-electron chi connectivity index (χ2n) is 5.73. The van der Waals surface area contributed by atoms with Crippen LogP contribution in [0.15, 0.2) is 48.0 Å². The molecule has 7 nitrogen and oxygen atoms in total. The first-order chi connectivity index (χ1) is 13.6. The van der Waals surface area contributed by atoms with E-state index in [1.165, 1.54) is 6.08 Å². The van der Waals surface area contributed by atoms with Crippen LogP contribution in [0.1, 0.15) is 11.1 Å². The molecule has 1 heterocycles. The maximum Gasteiger partial charge on any atom is 0.349 e. The molecule has 2 aromatic carbocycles. The van der Waals surface area contributed by atoms with E-state index in [1.807, 2.05) is 0 Å². The van der Waals surface area contributed by atoms with Gasteiger partial charge in [0.25, 0.3) is 5.91 Å². The van der Waals surface area contributed by atoms with Crippen LogP contribution in [0.3, 0.4) is 0 Å². The Hall–Kier alpha value is -3.50. The van der Waals surface area contributed by atoms with E-state index in [0.717, 1.165) is 5.56 Å². The van der Waals surface area contributed by atoms with Gasteiger partial charge in [-0.1, -0.05) is 35.9 Å². The van der Waals surface area contributed by atoms with Gasteiger partial charge in [0, 0.05) is 11.6 Å². The third-order valence-electron chi connectivity index (χ3n) is 3.82. The van der Waals surface area contributed by atoms with Crippen molar-refractivity contribution in [2.45, 2.75) is 6.54 Å². The van der Waals surface area contributed by atoms with Gasteiger partial charge in [0.2, 0.25) is 6.79 Å². The Bertz CT molecular complexity index is 981. The van der Waals surface area contributed by atoms with Gasteiger partial charge in [0.1, 0.15) is 11.6 Å². The van der Waals surface area contributed by atoms with Crippen LogP contribution in [0.2, 0.25) is 5.02 Å². The summed E-state index contributed by atoms with van der Waals surface area (Å²) < 4.78 is 15.4. The molecule has 0 unspecified atom stereocenters. The van der Waals surface area contributed by atoms with Crippen molar-refractivity contribution in [1.29, 1.82) is 5.26 Å². The van der Waals surface area contributed by atoms with Crippen molar-refractivity contribution in [3.8, 4) is 17.6 Å². The van der Waals surface area contributed by atoms with Gasteiger partial charge in [0.15, 0.2) is 18.1 Å². The number of benzene rings is 2. The lowest BCUT2D eigenvalue weighted by molar-refractivity contribution is -0.144. The van der Waals surface area contributed by atoms with Crippen LogP contribution in [0.5, 0.6) is 11.5 Å². The summed E-state index contributed by atoms with van der Waals surface area (Å²) in [5, 5.41) is 12.3. The van der Waals surface area contributed by atoms with Crippen molar-refractivity contribution in [3.05, 3.63) is 64.2 Å². The molecule has 1 N–H and O–H groups in total. The second kappa shape index (κ2) is 8.93. The van der Waals surface area contributed by atoms with Crippen LogP contribution in [0.25, 0.3) is 6.08 Å². The van der Waals surface area contributed by atoms with E-state index in [1.54, 1.807) is 48.5 Å². The maximum atomic E-state index is 12.1. The highest BCUT2D eigenvalue weighted by Crippen LogP contribution is 2.33. The monoisotopic (exact) mass is 398 g/mol. The maximum absolute atomic E-state index is 12.1. The second-order valence-corrected chi connectivity index (χ2v) is 6.13. The summed E-state index contributed by atoms with van der Waals surface area (Å²) in [5.41, 5.74) is 1.07. The van der Waals surface area contributed by atoms with Crippen LogP contribution in [-0.4, -0.2) is 25.3 Å². The molecule has 0 saturated heterocycles. The fraction of sp³-hybridized carbons (Fsp3) is 0.150. The number of amides is 1. The Kier molecular flexibility index (Phi) is 6.14. The molecular weight excluding hydrogens is 384 g/mol. The van der Waals surface area contributed by atoms with Crippen molar-refractivity contribution in [3.63, 3.8) is 0 Å². The Labute approximate surface area is 166 Å². The van der Waals surface area contributed by atoms with E-state index in [9.17, 15) is 14.9 Å². The number of hydrogen-bond donors (Lipinski definition) is 1. The standard InChI is InChI=1S/C20H15ClN2O5/c21-16-4-2-1-3-14(16)10-23-19(24)11-26-20(25)15(9-22)7-13-5-6-17-18(8-13)28-12-27-17/h1-8H,10-12H2,(H,23,24)/b15-7+. The normalized spacial score (nSPS) is 12.2. The number of rotatable bonds is 6. The molecule has 0 saturated carbocycles.